The summed E-state index contributed by atoms with van der Waals surface area (Å²) in [5, 5.41) is 3.25. The molecular formula is C20H33N3O2. The Morgan fingerprint density at radius 3 is 2.52 bits per heavy atom. The van der Waals surface area contributed by atoms with Gasteiger partial charge in [-0.15, -0.1) is 0 Å². The summed E-state index contributed by atoms with van der Waals surface area (Å²) in [5.74, 6) is 2.63. The smallest absolute Gasteiger partial charge is 0.220 e. The van der Waals surface area contributed by atoms with Crippen molar-refractivity contribution in [1.29, 1.82) is 0 Å². The van der Waals surface area contributed by atoms with Crippen molar-refractivity contribution >= 4 is 5.91 Å². The molecule has 1 amide bonds. The quantitative estimate of drug-likeness (QED) is 0.883. The van der Waals surface area contributed by atoms with E-state index in [1.807, 2.05) is 6.20 Å². The van der Waals surface area contributed by atoms with E-state index in [1.165, 1.54) is 25.7 Å². The van der Waals surface area contributed by atoms with E-state index in [9.17, 15) is 4.79 Å². The van der Waals surface area contributed by atoms with Crippen LogP contribution in [0.2, 0.25) is 0 Å². The number of piperidine rings is 1. The van der Waals surface area contributed by atoms with Gasteiger partial charge in [-0.05, 0) is 31.6 Å². The van der Waals surface area contributed by atoms with Gasteiger partial charge in [0.2, 0.25) is 11.8 Å². The molecule has 2 aliphatic rings. The summed E-state index contributed by atoms with van der Waals surface area (Å²) >= 11 is 0. The molecular weight excluding hydrogens is 314 g/mol. The van der Waals surface area contributed by atoms with E-state index < -0.39 is 0 Å². The van der Waals surface area contributed by atoms with Crippen molar-refractivity contribution in [3.63, 3.8) is 0 Å². The van der Waals surface area contributed by atoms with Crippen LogP contribution in [-0.2, 0) is 16.8 Å². The first-order valence-corrected chi connectivity index (χ1v) is 9.87. The number of hydrogen-bond acceptors (Lipinski definition) is 4. The number of aromatic nitrogens is 1. The lowest BCUT2D eigenvalue weighted by Gasteiger charge is -2.31. The average Bonchev–Trinajstić information content (AvgIpc) is 3.20. The number of amides is 1. The van der Waals surface area contributed by atoms with Crippen LogP contribution in [0.3, 0.4) is 0 Å². The molecule has 1 N–H and O–H groups in total. The van der Waals surface area contributed by atoms with Gasteiger partial charge in [0.1, 0.15) is 5.76 Å². The van der Waals surface area contributed by atoms with Gasteiger partial charge in [0.15, 0.2) is 0 Å². The van der Waals surface area contributed by atoms with Crippen molar-refractivity contribution in [1.82, 2.24) is 15.2 Å². The Bertz CT molecular complexity index is 562. The monoisotopic (exact) mass is 347 g/mol. The maximum absolute atomic E-state index is 12.2. The molecule has 1 saturated heterocycles. The molecule has 1 saturated carbocycles. The highest BCUT2D eigenvalue weighted by Gasteiger charge is 2.25. The Morgan fingerprint density at radius 2 is 1.92 bits per heavy atom. The third-order valence-corrected chi connectivity index (χ3v) is 5.55. The van der Waals surface area contributed by atoms with E-state index >= 15 is 0 Å². The predicted octanol–water partition coefficient (Wildman–Crippen LogP) is 3.63. The molecule has 0 bridgehead atoms. The third kappa shape index (κ3) is 5.30. The summed E-state index contributed by atoms with van der Waals surface area (Å²) in [6.45, 7) is 9.15. The highest BCUT2D eigenvalue weighted by molar-refractivity contribution is 5.76. The van der Waals surface area contributed by atoms with Crippen LogP contribution in [0.15, 0.2) is 10.6 Å². The zero-order valence-corrected chi connectivity index (χ0v) is 16.0. The third-order valence-electron chi connectivity index (χ3n) is 5.55. The van der Waals surface area contributed by atoms with E-state index in [-0.39, 0.29) is 11.3 Å². The standard InChI is InChI=1S/C20H33N3O2/c1-20(2,3)17-13-21-19(25-17)14-23-10-8-16(9-11-23)22-18(24)12-15-6-4-5-7-15/h13,15-16H,4-12,14H2,1-3H3,(H,22,24). The van der Waals surface area contributed by atoms with Gasteiger partial charge in [0.05, 0.1) is 12.7 Å². The Labute approximate surface area is 151 Å². The van der Waals surface area contributed by atoms with Gasteiger partial charge in [-0.1, -0.05) is 33.6 Å². The van der Waals surface area contributed by atoms with E-state index in [1.54, 1.807) is 0 Å². The van der Waals surface area contributed by atoms with Crippen LogP contribution in [0.1, 0.15) is 77.4 Å². The van der Waals surface area contributed by atoms with Crippen molar-refractivity contribution < 1.29 is 9.21 Å². The Kier molecular flexibility index (Phi) is 5.82. The van der Waals surface area contributed by atoms with E-state index in [4.69, 9.17) is 4.42 Å². The van der Waals surface area contributed by atoms with Gasteiger partial charge >= 0.3 is 0 Å². The molecule has 2 heterocycles. The number of nitrogens with one attached hydrogen (secondary N) is 1. The number of carbonyl (C=O) groups is 1. The van der Waals surface area contributed by atoms with Crippen molar-refractivity contribution in [3.05, 3.63) is 17.8 Å². The zero-order chi connectivity index (χ0) is 17.9. The molecule has 5 nitrogen and oxygen atoms in total. The molecule has 0 atom stereocenters. The van der Waals surface area contributed by atoms with Crippen molar-refractivity contribution in [2.75, 3.05) is 13.1 Å². The normalized spacial score (nSPS) is 20.9. The molecule has 1 aromatic rings. The second-order valence-corrected chi connectivity index (χ2v) is 8.84. The second kappa shape index (κ2) is 7.90. The first-order valence-electron chi connectivity index (χ1n) is 9.87. The SMILES string of the molecule is CC(C)(C)c1cnc(CN2CCC(NC(=O)CC3CCCC3)CC2)o1. The van der Waals surface area contributed by atoms with Crippen LogP contribution in [0, 0.1) is 5.92 Å². The van der Waals surface area contributed by atoms with Crippen LogP contribution < -0.4 is 5.32 Å². The van der Waals surface area contributed by atoms with E-state index in [0.29, 0.717) is 12.0 Å². The van der Waals surface area contributed by atoms with Gasteiger partial charge in [-0.3, -0.25) is 9.69 Å². The maximum Gasteiger partial charge on any atom is 0.220 e. The minimum atomic E-state index is 0.00183. The Morgan fingerprint density at radius 1 is 1.24 bits per heavy atom. The fraction of sp³-hybridized carbons (Fsp3) is 0.800. The van der Waals surface area contributed by atoms with E-state index in [0.717, 1.165) is 50.5 Å². The lowest BCUT2D eigenvalue weighted by Crippen LogP contribution is -2.44. The van der Waals surface area contributed by atoms with Crippen LogP contribution in [0.4, 0.5) is 0 Å². The number of nitrogens with zero attached hydrogens (tertiary/aromatic N) is 2. The maximum atomic E-state index is 12.2. The second-order valence-electron chi connectivity index (χ2n) is 8.84. The largest absolute Gasteiger partial charge is 0.444 e. The van der Waals surface area contributed by atoms with Crippen LogP contribution >= 0.6 is 0 Å². The zero-order valence-electron chi connectivity index (χ0n) is 16.0. The molecule has 140 valence electrons. The fourth-order valence-electron chi connectivity index (χ4n) is 3.92. The highest BCUT2D eigenvalue weighted by atomic mass is 16.4. The first-order chi connectivity index (χ1) is 11.9. The number of oxazole rings is 1. The molecule has 0 radical (unpaired) electrons. The molecule has 1 aliphatic carbocycles. The molecule has 3 rings (SSSR count). The summed E-state index contributed by atoms with van der Waals surface area (Å²) in [6, 6.07) is 0.333. The van der Waals surface area contributed by atoms with Gasteiger partial charge < -0.3 is 9.73 Å². The summed E-state index contributed by atoms with van der Waals surface area (Å²) in [7, 11) is 0. The van der Waals surface area contributed by atoms with Gasteiger partial charge in [0, 0.05) is 31.0 Å². The predicted molar refractivity (Wildman–Crippen MR) is 98.2 cm³/mol. The summed E-state index contributed by atoms with van der Waals surface area (Å²) in [5.41, 5.74) is 0.00183. The first kappa shape index (κ1) is 18.4. The average molecular weight is 348 g/mol. The number of carbonyl (C=O) groups excluding carboxylic acids is 1. The molecule has 0 aromatic carbocycles. The summed E-state index contributed by atoms with van der Waals surface area (Å²) in [6.07, 6.45) is 9.68. The summed E-state index contributed by atoms with van der Waals surface area (Å²) in [4.78, 5) is 19.0. The van der Waals surface area contributed by atoms with Gasteiger partial charge in [-0.25, -0.2) is 4.98 Å². The lowest BCUT2D eigenvalue weighted by atomic mass is 9.94. The van der Waals surface area contributed by atoms with Gasteiger partial charge in [0.25, 0.3) is 0 Å². The molecule has 5 heteroatoms. The molecule has 1 aliphatic heterocycles. The topological polar surface area (TPSA) is 58.4 Å². The van der Waals surface area contributed by atoms with Crippen molar-refractivity contribution in [3.8, 4) is 0 Å². The Hall–Kier alpha value is -1.36. The minimum Gasteiger partial charge on any atom is -0.444 e. The molecule has 0 spiro atoms. The van der Waals surface area contributed by atoms with Crippen LogP contribution in [0.5, 0.6) is 0 Å². The van der Waals surface area contributed by atoms with Crippen molar-refractivity contribution in [2.45, 2.75) is 83.7 Å². The van der Waals surface area contributed by atoms with Gasteiger partial charge in [-0.2, -0.15) is 0 Å². The van der Waals surface area contributed by atoms with E-state index in [2.05, 4.69) is 36.0 Å². The molecule has 2 fully saturated rings. The lowest BCUT2D eigenvalue weighted by molar-refractivity contribution is -0.123. The number of rotatable bonds is 5. The fourth-order valence-corrected chi connectivity index (χ4v) is 3.92. The van der Waals surface area contributed by atoms with Crippen molar-refractivity contribution in [2.24, 2.45) is 5.92 Å². The highest BCUT2D eigenvalue weighted by Crippen LogP contribution is 2.27. The molecule has 0 unspecified atom stereocenters. The number of likely N-dealkylation sites (tertiary alicyclic amines) is 1. The molecule has 1 aromatic heterocycles. The number of hydrogen-bond donors (Lipinski definition) is 1. The Balaban J connectivity index is 1.39. The van der Waals surface area contributed by atoms with Crippen LogP contribution in [0.25, 0.3) is 0 Å². The van der Waals surface area contributed by atoms with Crippen LogP contribution in [-0.4, -0.2) is 34.9 Å². The molecule has 25 heavy (non-hydrogen) atoms. The summed E-state index contributed by atoms with van der Waals surface area (Å²) < 4.78 is 5.89. The minimum absolute atomic E-state index is 0.00183.